The van der Waals surface area contributed by atoms with Gasteiger partial charge in [-0.05, 0) is 11.6 Å². The number of aliphatic hydroxyl groups is 1. The molecule has 0 aliphatic carbocycles. The van der Waals surface area contributed by atoms with Crippen LogP contribution in [0.25, 0.3) is 0 Å². The van der Waals surface area contributed by atoms with Crippen LogP contribution in [0.3, 0.4) is 0 Å². The Kier molecular flexibility index (Phi) is 4.89. The highest BCUT2D eigenvalue weighted by Gasteiger charge is 2.21. The fraction of sp³-hybridized carbons (Fsp3) is 0.385. The Balaban J connectivity index is 2.14. The first-order valence-corrected chi connectivity index (χ1v) is 6.11. The first-order chi connectivity index (χ1) is 9.97. The highest BCUT2D eigenvalue weighted by atomic mass is 19.3. The summed E-state index contributed by atoms with van der Waals surface area (Å²) in [6, 6.07) is 3.36. The molecule has 2 atom stereocenters. The van der Waals surface area contributed by atoms with Gasteiger partial charge < -0.3 is 9.52 Å². The maximum absolute atomic E-state index is 13.7. The molecule has 114 valence electrons. The highest BCUT2D eigenvalue weighted by molar-refractivity contribution is 5.28. The molecule has 1 aromatic carbocycles. The summed E-state index contributed by atoms with van der Waals surface area (Å²) in [5.41, 5.74) is 0.0379. The number of rotatable bonds is 6. The molecular formula is C13H12F4N2O2. The lowest BCUT2D eigenvalue weighted by molar-refractivity contribution is 0.0503. The van der Waals surface area contributed by atoms with Gasteiger partial charge in [-0.25, -0.2) is 17.6 Å². The van der Waals surface area contributed by atoms with Crippen molar-refractivity contribution in [2.45, 2.75) is 31.5 Å². The second-order valence-corrected chi connectivity index (χ2v) is 4.46. The third kappa shape index (κ3) is 4.01. The van der Waals surface area contributed by atoms with Crippen molar-refractivity contribution in [3.63, 3.8) is 0 Å². The summed E-state index contributed by atoms with van der Waals surface area (Å²) >= 11 is 0. The van der Waals surface area contributed by atoms with Crippen molar-refractivity contribution in [1.82, 2.24) is 10.2 Å². The average Bonchev–Trinajstić information content (AvgIpc) is 2.93. The standard InChI is InChI=1S/C13H12F4N2O2/c14-9-2-1-7(4-10(15)13(16)17)3-8(9)11(20)5-12-19-18-6-21-12/h1-3,6,10-11,13,20H,4-5H2. The molecule has 0 aliphatic heterocycles. The minimum atomic E-state index is -3.11. The van der Waals surface area contributed by atoms with Crippen LogP contribution in [0.2, 0.25) is 0 Å². The number of benzene rings is 1. The van der Waals surface area contributed by atoms with E-state index in [0.717, 1.165) is 18.5 Å². The van der Waals surface area contributed by atoms with Gasteiger partial charge >= 0.3 is 0 Å². The molecule has 0 spiro atoms. The van der Waals surface area contributed by atoms with Crippen LogP contribution in [0.15, 0.2) is 29.0 Å². The third-order valence-corrected chi connectivity index (χ3v) is 2.90. The van der Waals surface area contributed by atoms with Gasteiger partial charge in [-0.2, -0.15) is 0 Å². The van der Waals surface area contributed by atoms with E-state index in [1.54, 1.807) is 0 Å². The summed E-state index contributed by atoms with van der Waals surface area (Å²) in [5.74, 6) is -0.624. The molecule has 8 heteroatoms. The minimum absolute atomic E-state index is 0.100. The van der Waals surface area contributed by atoms with Crippen LogP contribution in [0.1, 0.15) is 23.1 Å². The molecule has 0 amide bonds. The normalized spacial score (nSPS) is 14.4. The van der Waals surface area contributed by atoms with Crippen LogP contribution in [0.4, 0.5) is 17.6 Å². The quantitative estimate of drug-likeness (QED) is 0.834. The van der Waals surface area contributed by atoms with Gasteiger partial charge in [-0.1, -0.05) is 12.1 Å². The Morgan fingerprint density at radius 1 is 1.19 bits per heavy atom. The Morgan fingerprint density at radius 2 is 1.95 bits per heavy atom. The molecule has 0 saturated carbocycles. The van der Waals surface area contributed by atoms with E-state index >= 15 is 0 Å². The number of hydrogen-bond acceptors (Lipinski definition) is 4. The summed E-state index contributed by atoms with van der Waals surface area (Å²) in [6.45, 7) is 0. The van der Waals surface area contributed by atoms with Crippen LogP contribution in [0, 0.1) is 5.82 Å². The van der Waals surface area contributed by atoms with Crippen molar-refractivity contribution >= 4 is 0 Å². The largest absolute Gasteiger partial charge is 0.428 e. The summed E-state index contributed by atoms with van der Waals surface area (Å²) < 4.78 is 55.9. The van der Waals surface area contributed by atoms with E-state index in [1.807, 2.05) is 0 Å². The molecule has 1 aromatic heterocycles. The van der Waals surface area contributed by atoms with E-state index in [2.05, 4.69) is 10.2 Å². The Hall–Kier alpha value is -1.96. The molecule has 1 heterocycles. The highest BCUT2D eigenvalue weighted by Crippen LogP contribution is 2.23. The van der Waals surface area contributed by atoms with Gasteiger partial charge in [0.2, 0.25) is 12.3 Å². The van der Waals surface area contributed by atoms with Crippen molar-refractivity contribution in [2.24, 2.45) is 0 Å². The van der Waals surface area contributed by atoms with Gasteiger partial charge in [0.25, 0.3) is 6.43 Å². The predicted octanol–water partition coefficient (Wildman–Crippen LogP) is 2.63. The van der Waals surface area contributed by atoms with E-state index in [0.29, 0.717) is 0 Å². The van der Waals surface area contributed by atoms with E-state index in [4.69, 9.17) is 4.42 Å². The second-order valence-electron chi connectivity index (χ2n) is 4.46. The maximum atomic E-state index is 13.7. The molecule has 2 aromatic rings. The lowest BCUT2D eigenvalue weighted by atomic mass is 10.00. The first-order valence-electron chi connectivity index (χ1n) is 6.11. The van der Waals surface area contributed by atoms with Crippen LogP contribution in [-0.2, 0) is 12.8 Å². The smallest absolute Gasteiger partial charge is 0.269 e. The molecule has 0 aliphatic rings. The van der Waals surface area contributed by atoms with Crippen LogP contribution in [-0.4, -0.2) is 27.9 Å². The van der Waals surface area contributed by atoms with Gasteiger partial charge in [-0.15, -0.1) is 10.2 Å². The summed E-state index contributed by atoms with van der Waals surface area (Å²) in [5, 5.41) is 16.9. The van der Waals surface area contributed by atoms with Crippen molar-refractivity contribution in [1.29, 1.82) is 0 Å². The van der Waals surface area contributed by atoms with Gasteiger partial charge in [0.05, 0.1) is 12.5 Å². The van der Waals surface area contributed by atoms with Crippen LogP contribution < -0.4 is 0 Å². The average molecular weight is 304 g/mol. The number of hydrogen-bond donors (Lipinski definition) is 1. The third-order valence-electron chi connectivity index (χ3n) is 2.90. The molecule has 0 fully saturated rings. The Labute approximate surface area is 117 Å². The van der Waals surface area contributed by atoms with Crippen LogP contribution in [0.5, 0.6) is 0 Å². The molecule has 2 unspecified atom stereocenters. The summed E-state index contributed by atoms with van der Waals surface area (Å²) in [4.78, 5) is 0. The van der Waals surface area contributed by atoms with Gasteiger partial charge in [0.1, 0.15) is 5.82 Å². The topological polar surface area (TPSA) is 59.2 Å². The summed E-state index contributed by atoms with van der Waals surface area (Å²) in [6.07, 6.45) is -6.37. The lowest BCUT2D eigenvalue weighted by Crippen LogP contribution is -2.15. The number of nitrogens with zero attached hydrogens (tertiary/aromatic N) is 2. The molecule has 4 nitrogen and oxygen atoms in total. The zero-order valence-electron chi connectivity index (χ0n) is 10.7. The van der Waals surface area contributed by atoms with E-state index in [1.165, 1.54) is 6.07 Å². The van der Waals surface area contributed by atoms with Gasteiger partial charge in [-0.3, -0.25) is 0 Å². The maximum Gasteiger partial charge on any atom is 0.269 e. The zero-order chi connectivity index (χ0) is 15.4. The van der Waals surface area contributed by atoms with Crippen molar-refractivity contribution in [3.8, 4) is 0 Å². The molecule has 1 N–H and O–H groups in total. The van der Waals surface area contributed by atoms with Crippen molar-refractivity contribution < 1.29 is 27.1 Å². The Bertz CT molecular complexity index is 578. The monoisotopic (exact) mass is 304 g/mol. The van der Waals surface area contributed by atoms with Gasteiger partial charge in [0.15, 0.2) is 6.17 Å². The fourth-order valence-corrected chi connectivity index (χ4v) is 1.85. The second kappa shape index (κ2) is 6.66. The molecular weight excluding hydrogens is 292 g/mol. The Morgan fingerprint density at radius 3 is 2.57 bits per heavy atom. The minimum Gasteiger partial charge on any atom is -0.428 e. The molecule has 2 rings (SSSR count). The number of aromatic nitrogens is 2. The van der Waals surface area contributed by atoms with Gasteiger partial charge in [0, 0.05) is 12.0 Å². The summed E-state index contributed by atoms with van der Waals surface area (Å²) in [7, 11) is 0. The first kappa shape index (κ1) is 15.4. The number of aliphatic hydroxyl groups excluding tert-OH is 1. The van der Waals surface area contributed by atoms with E-state index in [9.17, 15) is 22.7 Å². The van der Waals surface area contributed by atoms with E-state index < -0.39 is 30.9 Å². The number of halogens is 4. The fourth-order valence-electron chi connectivity index (χ4n) is 1.85. The van der Waals surface area contributed by atoms with Crippen LogP contribution >= 0.6 is 0 Å². The number of alkyl halides is 3. The predicted molar refractivity (Wildman–Crippen MR) is 64.0 cm³/mol. The molecule has 0 radical (unpaired) electrons. The SMILES string of the molecule is OC(Cc1nnco1)c1cc(CC(F)C(F)F)ccc1F. The molecule has 0 saturated heterocycles. The van der Waals surface area contributed by atoms with E-state index in [-0.39, 0.29) is 23.4 Å². The lowest BCUT2D eigenvalue weighted by Gasteiger charge is -2.13. The van der Waals surface area contributed by atoms with Crippen molar-refractivity contribution in [2.75, 3.05) is 0 Å². The molecule has 21 heavy (non-hydrogen) atoms. The zero-order valence-corrected chi connectivity index (χ0v) is 10.7. The molecule has 0 bridgehead atoms. The van der Waals surface area contributed by atoms with Crippen molar-refractivity contribution in [3.05, 3.63) is 47.4 Å².